The molecule has 2 unspecified atom stereocenters. The Morgan fingerprint density at radius 3 is 1.36 bits per heavy atom. The number of esters is 1. The molecule has 6 heteroatoms. The van der Waals surface area contributed by atoms with Crippen molar-refractivity contribution in [1.29, 1.82) is 0 Å². The highest BCUT2D eigenvalue weighted by atomic mass is 16.5. The summed E-state index contributed by atoms with van der Waals surface area (Å²) in [5, 5.41) is 23.3. The topological polar surface area (TPSA) is 95.9 Å². The monoisotopic (exact) mass is 832 g/mol. The van der Waals surface area contributed by atoms with Gasteiger partial charge in [-0.05, 0) is 51.4 Å². The maximum atomic E-state index is 12.5. The van der Waals surface area contributed by atoms with Crippen molar-refractivity contribution in [3.05, 3.63) is 24.3 Å². The van der Waals surface area contributed by atoms with E-state index in [1.807, 2.05) is 0 Å². The first kappa shape index (κ1) is 57.3. The minimum absolute atomic E-state index is 0.0338. The molecule has 2 atom stereocenters. The van der Waals surface area contributed by atoms with Gasteiger partial charge in [-0.25, -0.2) is 0 Å². The Hall–Kier alpha value is -1.66. The van der Waals surface area contributed by atoms with E-state index in [-0.39, 0.29) is 18.5 Å². The number of allylic oxidation sites excluding steroid dienone is 4. The fraction of sp³-hybridized carbons (Fsp3) is 0.887. The average molecular weight is 832 g/mol. The zero-order valence-corrected chi connectivity index (χ0v) is 39.5. The summed E-state index contributed by atoms with van der Waals surface area (Å²) in [6.07, 6.45) is 57.1. The molecule has 0 saturated carbocycles. The van der Waals surface area contributed by atoms with Crippen molar-refractivity contribution in [3.63, 3.8) is 0 Å². The highest BCUT2D eigenvalue weighted by molar-refractivity contribution is 5.76. The third-order valence-corrected chi connectivity index (χ3v) is 12.0. The smallest absolute Gasteiger partial charge is 0.305 e. The number of amides is 1. The molecule has 0 radical (unpaired) electrons. The summed E-state index contributed by atoms with van der Waals surface area (Å²) in [5.41, 5.74) is 0. The van der Waals surface area contributed by atoms with E-state index in [0.29, 0.717) is 25.9 Å². The number of nitrogens with one attached hydrogen (secondary N) is 1. The van der Waals surface area contributed by atoms with Crippen molar-refractivity contribution < 1.29 is 24.5 Å². The summed E-state index contributed by atoms with van der Waals surface area (Å²) >= 11 is 0. The minimum atomic E-state index is -0.680. The fourth-order valence-electron chi connectivity index (χ4n) is 7.97. The van der Waals surface area contributed by atoms with Gasteiger partial charge in [0, 0.05) is 12.8 Å². The molecule has 1 amide bonds. The number of hydrogen-bond donors (Lipinski definition) is 3. The summed E-state index contributed by atoms with van der Waals surface area (Å²) in [6.45, 7) is 4.84. The Balaban J connectivity index is 3.49. The first-order chi connectivity index (χ1) is 29.0. The summed E-state index contributed by atoms with van der Waals surface area (Å²) in [5.74, 6) is -0.0911. The standard InChI is InChI=1S/C53H101NO5/c1-3-5-7-9-11-13-15-17-18-19-20-21-22-24-25-29-33-37-41-45-51(56)50(49-55)54-52(57)46-42-38-34-30-27-28-32-36-40-44-48-59-53(58)47-43-39-35-31-26-23-16-14-12-10-8-6-4-2/h8,10,14,16,50-51,55-56H,3-7,9,11-13,15,17-49H2,1-2H3,(H,54,57)/b10-8-,16-14-. The lowest BCUT2D eigenvalue weighted by Gasteiger charge is -2.22. The SMILES string of the molecule is CCC/C=C\C/C=C\CCCCCCCC(=O)OCCCCCCCCCCCCC(=O)NC(CO)C(O)CCCCCCCCCCCCCCCCCCCCC. The number of hydrogen-bond acceptors (Lipinski definition) is 5. The number of carbonyl (C=O) groups is 2. The van der Waals surface area contributed by atoms with Crippen LogP contribution in [-0.2, 0) is 14.3 Å². The normalized spacial score (nSPS) is 12.8. The Labute approximate surface area is 367 Å². The molecule has 0 spiro atoms. The molecule has 0 bridgehead atoms. The number of carbonyl (C=O) groups excluding carboxylic acids is 2. The van der Waals surface area contributed by atoms with Crippen LogP contribution >= 0.6 is 0 Å². The third kappa shape index (κ3) is 45.7. The lowest BCUT2D eigenvalue weighted by molar-refractivity contribution is -0.143. The molecule has 0 rings (SSSR count). The lowest BCUT2D eigenvalue weighted by atomic mass is 10.0. The predicted molar refractivity (Wildman–Crippen MR) is 255 cm³/mol. The van der Waals surface area contributed by atoms with Gasteiger partial charge in [0.05, 0.1) is 25.4 Å². The van der Waals surface area contributed by atoms with E-state index in [1.165, 1.54) is 173 Å². The van der Waals surface area contributed by atoms with Gasteiger partial charge >= 0.3 is 5.97 Å². The first-order valence-corrected chi connectivity index (χ1v) is 26.1. The molecule has 348 valence electrons. The summed E-state index contributed by atoms with van der Waals surface area (Å²) < 4.78 is 5.44. The molecule has 59 heavy (non-hydrogen) atoms. The van der Waals surface area contributed by atoms with Crippen molar-refractivity contribution in [2.45, 2.75) is 289 Å². The number of aliphatic hydroxyl groups is 2. The predicted octanol–water partition coefficient (Wildman–Crippen LogP) is 15.5. The fourth-order valence-corrected chi connectivity index (χ4v) is 7.97. The van der Waals surface area contributed by atoms with Gasteiger partial charge in [-0.15, -0.1) is 0 Å². The van der Waals surface area contributed by atoms with Crippen LogP contribution in [0.2, 0.25) is 0 Å². The van der Waals surface area contributed by atoms with Crippen molar-refractivity contribution in [2.75, 3.05) is 13.2 Å². The molecule has 3 N–H and O–H groups in total. The zero-order chi connectivity index (χ0) is 43.0. The molecule has 0 fully saturated rings. The van der Waals surface area contributed by atoms with Gasteiger partial charge in [0.15, 0.2) is 0 Å². The Kier molecular flexibility index (Phi) is 47.6. The molecule has 0 heterocycles. The highest BCUT2D eigenvalue weighted by Crippen LogP contribution is 2.17. The molecular formula is C53H101NO5. The second kappa shape index (κ2) is 49.0. The maximum Gasteiger partial charge on any atom is 0.305 e. The number of rotatable bonds is 48. The van der Waals surface area contributed by atoms with Crippen LogP contribution in [0.5, 0.6) is 0 Å². The molecule has 0 aliphatic carbocycles. The van der Waals surface area contributed by atoms with E-state index >= 15 is 0 Å². The van der Waals surface area contributed by atoms with Crippen molar-refractivity contribution in [3.8, 4) is 0 Å². The van der Waals surface area contributed by atoms with Crippen LogP contribution < -0.4 is 5.32 Å². The molecule has 0 aliphatic heterocycles. The van der Waals surface area contributed by atoms with Crippen molar-refractivity contribution in [1.82, 2.24) is 5.32 Å². The molecule has 0 saturated heterocycles. The van der Waals surface area contributed by atoms with Gasteiger partial charge in [-0.1, -0.05) is 237 Å². The average Bonchev–Trinajstić information content (AvgIpc) is 3.24. The quantitative estimate of drug-likeness (QED) is 0.0322. The largest absolute Gasteiger partial charge is 0.466 e. The molecule has 0 aromatic carbocycles. The van der Waals surface area contributed by atoms with E-state index in [9.17, 15) is 19.8 Å². The van der Waals surface area contributed by atoms with Crippen molar-refractivity contribution >= 4 is 11.9 Å². The van der Waals surface area contributed by atoms with E-state index in [4.69, 9.17) is 4.74 Å². The van der Waals surface area contributed by atoms with E-state index < -0.39 is 12.1 Å². The number of unbranched alkanes of at least 4 members (excludes halogenated alkanes) is 33. The van der Waals surface area contributed by atoms with Crippen LogP contribution in [0.1, 0.15) is 277 Å². The van der Waals surface area contributed by atoms with Crippen LogP contribution in [0.15, 0.2) is 24.3 Å². The van der Waals surface area contributed by atoms with Gasteiger partial charge in [-0.3, -0.25) is 9.59 Å². The van der Waals surface area contributed by atoms with Crippen molar-refractivity contribution in [2.24, 2.45) is 0 Å². The van der Waals surface area contributed by atoms with Crippen LogP contribution in [0.25, 0.3) is 0 Å². The number of ether oxygens (including phenoxy) is 1. The van der Waals surface area contributed by atoms with Gasteiger partial charge in [0.25, 0.3) is 0 Å². The maximum absolute atomic E-state index is 12.5. The molecule has 0 aromatic heterocycles. The Bertz CT molecular complexity index is 920. The van der Waals surface area contributed by atoms with Gasteiger partial charge < -0.3 is 20.3 Å². The van der Waals surface area contributed by atoms with Crippen LogP contribution in [0.3, 0.4) is 0 Å². The van der Waals surface area contributed by atoms with Crippen LogP contribution in [0.4, 0.5) is 0 Å². The Morgan fingerprint density at radius 1 is 0.475 bits per heavy atom. The second-order valence-electron chi connectivity index (χ2n) is 17.9. The van der Waals surface area contributed by atoms with Crippen LogP contribution in [0, 0.1) is 0 Å². The molecule has 6 nitrogen and oxygen atoms in total. The molecular weight excluding hydrogens is 731 g/mol. The van der Waals surface area contributed by atoms with Gasteiger partial charge in [-0.2, -0.15) is 0 Å². The third-order valence-electron chi connectivity index (χ3n) is 12.0. The summed E-state index contributed by atoms with van der Waals surface area (Å²) in [4.78, 5) is 24.5. The van der Waals surface area contributed by atoms with E-state index in [2.05, 4.69) is 43.5 Å². The van der Waals surface area contributed by atoms with E-state index in [0.717, 1.165) is 70.6 Å². The van der Waals surface area contributed by atoms with Crippen LogP contribution in [-0.4, -0.2) is 47.4 Å². The minimum Gasteiger partial charge on any atom is -0.466 e. The summed E-state index contributed by atoms with van der Waals surface area (Å²) in [6, 6.07) is -0.559. The number of aliphatic hydroxyl groups excluding tert-OH is 2. The zero-order valence-electron chi connectivity index (χ0n) is 39.5. The highest BCUT2D eigenvalue weighted by Gasteiger charge is 2.20. The van der Waals surface area contributed by atoms with Gasteiger partial charge in [0.1, 0.15) is 0 Å². The Morgan fingerprint density at radius 2 is 0.881 bits per heavy atom. The van der Waals surface area contributed by atoms with E-state index in [1.54, 1.807) is 0 Å². The summed E-state index contributed by atoms with van der Waals surface area (Å²) in [7, 11) is 0. The molecule has 0 aromatic rings. The second-order valence-corrected chi connectivity index (χ2v) is 17.9. The van der Waals surface area contributed by atoms with Gasteiger partial charge in [0.2, 0.25) is 5.91 Å². The molecule has 0 aliphatic rings. The lowest BCUT2D eigenvalue weighted by Crippen LogP contribution is -2.45. The first-order valence-electron chi connectivity index (χ1n) is 26.1.